The van der Waals surface area contributed by atoms with Gasteiger partial charge in [0.1, 0.15) is 0 Å². The molecule has 0 unspecified atom stereocenters. The molecular weight excluding hydrogens is 239 g/mol. The second-order valence-corrected chi connectivity index (χ2v) is 4.12. The van der Waals surface area contributed by atoms with Gasteiger partial charge in [-0.1, -0.05) is 27.5 Å². The molecule has 0 N–H and O–H groups in total. The fraction of sp³-hybridized carbons (Fsp3) is 0.625. The van der Waals surface area contributed by atoms with Crippen LogP contribution in [0.2, 0.25) is 5.02 Å². The Kier molecular flexibility index (Phi) is 3.59. The van der Waals surface area contributed by atoms with Gasteiger partial charge in [0.25, 0.3) is 0 Å². The fourth-order valence-corrected chi connectivity index (χ4v) is 1.74. The smallest absolute Gasteiger partial charge is 0.0818 e. The van der Waals surface area contributed by atoms with E-state index < -0.39 is 0 Å². The van der Waals surface area contributed by atoms with E-state index in [1.54, 1.807) is 6.20 Å². The maximum atomic E-state index is 5.96. The van der Waals surface area contributed by atoms with E-state index in [1.165, 1.54) is 0 Å². The summed E-state index contributed by atoms with van der Waals surface area (Å²) in [6, 6.07) is 0.381. The van der Waals surface area contributed by atoms with Crippen LogP contribution in [0.25, 0.3) is 0 Å². The van der Waals surface area contributed by atoms with E-state index in [0.29, 0.717) is 6.04 Å². The first kappa shape index (κ1) is 10.1. The fourth-order valence-electron chi connectivity index (χ4n) is 1.13. The SMILES string of the molecule is CC(C)n1ncc(Cl)c1CCBr. The molecule has 0 aliphatic rings. The third-order valence-electron chi connectivity index (χ3n) is 1.67. The highest BCUT2D eigenvalue weighted by atomic mass is 79.9. The summed E-state index contributed by atoms with van der Waals surface area (Å²) >= 11 is 9.35. The summed E-state index contributed by atoms with van der Waals surface area (Å²) in [4.78, 5) is 0. The van der Waals surface area contributed by atoms with E-state index in [0.717, 1.165) is 22.5 Å². The molecule has 0 atom stereocenters. The van der Waals surface area contributed by atoms with Crippen molar-refractivity contribution >= 4 is 27.5 Å². The molecule has 1 aromatic rings. The average Bonchev–Trinajstić information content (AvgIpc) is 2.34. The molecule has 0 radical (unpaired) electrons. The lowest BCUT2D eigenvalue weighted by atomic mass is 10.3. The first-order chi connectivity index (χ1) is 5.66. The zero-order valence-corrected chi connectivity index (χ0v) is 9.56. The van der Waals surface area contributed by atoms with Crippen molar-refractivity contribution in [1.82, 2.24) is 9.78 Å². The predicted molar refractivity (Wildman–Crippen MR) is 55.1 cm³/mol. The molecule has 0 bridgehead atoms. The first-order valence-corrected chi connectivity index (χ1v) is 5.44. The average molecular weight is 252 g/mol. The van der Waals surface area contributed by atoms with Gasteiger partial charge in [-0.2, -0.15) is 5.10 Å². The van der Waals surface area contributed by atoms with Gasteiger partial charge in [-0.3, -0.25) is 4.68 Å². The van der Waals surface area contributed by atoms with Crippen molar-refractivity contribution in [2.24, 2.45) is 0 Å². The second-order valence-electron chi connectivity index (χ2n) is 2.92. The minimum atomic E-state index is 0.381. The van der Waals surface area contributed by atoms with E-state index in [2.05, 4.69) is 34.9 Å². The van der Waals surface area contributed by atoms with Crippen molar-refractivity contribution < 1.29 is 0 Å². The molecule has 4 heteroatoms. The third-order valence-corrected chi connectivity index (χ3v) is 2.38. The van der Waals surface area contributed by atoms with Gasteiger partial charge in [0, 0.05) is 17.8 Å². The summed E-state index contributed by atoms with van der Waals surface area (Å²) in [6.07, 6.45) is 2.64. The minimum Gasteiger partial charge on any atom is -0.266 e. The zero-order valence-electron chi connectivity index (χ0n) is 7.22. The Hall–Kier alpha value is -0.0200. The lowest BCUT2D eigenvalue weighted by Gasteiger charge is -2.09. The molecule has 1 aromatic heterocycles. The Balaban J connectivity index is 2.95. The molecule has 0 saturated heterocycles. The van der Waals surface area contributed by atoms with Gasteiger partial charge in [0.2, 0.25) is 0 Å². The molecule has 0 spiro atoms. The summed E-state index contributed by atoms with van der Waals surface area (Å²) < 4.78 is 1.96. The maximum absolute atomic E-state index is 5.96. The lowest BCUT2D eigenvalue weighted by molar-refractivity contribution is 0.512. The standard InChI is InChI=1S/C8H12BrClN2/c1-6(2)12-8(3-4-9)7(10)5-11-12/h5-6H,3-4H2,1-2H3. The quantitative estimate of drug-likeness (QED) is 0.755. The topological polar surface area (TPSA) is 17.8 Å². The first-order valence-electron chi connectivity index (χ1n) is 3.94. The van der Waals surface area contributed by atoms with Gasteiger partial charge in [-0.05, 0) is 13.8 Å². The van der Waals surface area contributed by atoms with Crippen molar-refractivity contribution in [2.75, 3.05) is 5.33 Å². The van der Waals surface area contributed by atoms with Gasteiger partial charge in [0.15, 0.2) is 0 Å². The Bertz CT molecular complexity index is 258. The third kappa shape index (κ3) is 2.02. The Labute approximate surface area is 86.0 Å². The van der Waals surface area contributed by atoms with Gasteiger partial charge in [0.05, 0.1) is 16.9 Å². The lowest BCUT2D eigenvalue weighted by Crippen LogP contribution is -2.07. The van der Waals surface area contributed by atoms with Gasteiger partial charge < -0.3 is 0 Å². The largest absolute Gasteiger partial charge is 0.266 e. The Morgan fingerprint density at radius 1 is 1.67 bits per heavy atom. The number of halogens is 2. The second kappa shape index (κ2) is 4.28. The highest BCUT2D eigenvalue weighted by Gasteiger charge is 2.09. The number of nitrogens with zero attached hydrogens (tertiary/aromatic N) is 2. The molecular formula is C8H12BrClN2. The summed E-state index contributed by atoms with van der Waals surface area (Å²) in [5.74, 6) is 0. The van der Waals surface area contributed by atoms with Gasteiger partial charge in [-0.15, -0.1) is 0 Å². The molecule has 0 aromatic carbocycles. The molecule has 0 fully saturated rings. The van der Waals surface area contributed by atoms with Crippen LogP contribution in [0.3, 0.4) is 0 Å². The Morgan fingerprint density at radius 3 is 2.83 bits per heavy atom. The summed E-state index contributed by atoms with van der Waals surface area (Å²) in [6.45, 7) is 4.20. The minimum absolute atomic E-state index is 0.381. The summed E-state index contributed by atoms with van der Waals surface area (Å²) in [5.41, 5.74) is 1.11. The number of rotatable bonds is 3. The number of hydrogen-bond acceptors (Lipinski definition) is 1. The van der Waals surface area contributed by atoms with Crippen LogP contribution in [-0.2, 0) is 6.42 Å². The van der Waals surface area contributed by atoms with E-state index >= 15 is 0 Å². The van der Waals surface area contributed by atoms with Gasteiger partial charge >= 0.3 is 0 Å². The molecule has 0 aliphatic heterocycles. The van der Waals surface area contributed by atoms with Crippen LogP contribution in [0.5, 0.6) is 0 Å². The number of aromatic nitrogens is 2. The van der Waals surface area contributed by atoms with Crippen molar-refractivity contribution in [1.29, 1.82) is 0 Å². The van der Waals surface area contributed by atoms with Crippen LogP contribution in [0, 0.1) is 0 Å². The molecule has 2 nitrogen and oxygen atoms in total. The number of alkyl halides is 1. The molecule has 0 saturated carbocycles. The molecule has 1 rings (SSSR count). The van der Waals surface area contributed by atoms with E-state index in [-0.39, 0.29) is 0 Å². The van der Waals surface area contributed by atoms with Crippen molar-refractivity contribution in [2.45, 2.75) is 26.3 Å². The maximum Gasteiger partial charge on any atom is 0.0818 e. The highest BCUT2D eigenvalue weighted by molar-refractivity contribution is 9.09. The summed E-state index contributed by atoms with van der Waals surface area (Å²) in [7, 11) is 0. The van der Waals surface area contributed by atoms with Crippen LogP contribution in [0.1, 0.15) is 25.6 Å². The molecule has 0 amide bonds. The van der Waals surface area contributed by atoms with E-state index in [9.17, 15) is 0 Å². The van der Waals surface area contributed by atoms with E-state index in [1.807, 2.05) is 4.68 Å². The van der Waals surface area contributed by atoms with Crippen LogP contribution in [-0.4, -0.2) is 15.1 Å². The van der Waals surface area contributed by atoms with Crippen LogP contribution in [0.4, 0.5) is 0 Å². The van der Waals surface area contributed by atoms with Crippen molar-refractivity contribution in [3.8, 4) is 0 Å². The zero-order chi connectivity index (χ0) is 9.14. The monoisotopic (exact) mass is 250 g/mol. The predicted octanol–water partition coefficient (Wildman–Crippen LogP) is 3.05. The number of hydrogen-bond donors (Lipinski definition) is 0. The highest BCUT2D eigenvalue weighted by Crippen LogP contribution is 2.19. The molecule has 68 valence electrons. The van der Waals surface area contributed by atoms with Crippen LogP contribution >= 0.6 is 27.5 Å². The Morgan fingerprint density at radius 2 is 2.33 bits per heavy atom. The van der Waals surface area contributed by atoms with Crippen LogP contribution < -0.4 is 0 Å². The molecule has 12 heavy (non-hydrogen) atoms. The van der Waals surface area contributed by atoms with Crippen LogP contribution in [0.15, 0.2) is 6.20 Å². The molecule has 0 aliphatic carbocycles. The normalized spacial score (nSPS) is 11.1. The van der Waals surface area contributed by atoms with E-state index in [4.69, 9.17) is 11.6 Å². The summed E-state index contributed by atoms with van der Waals surface area (Å²) in [5, 5.41) is 5.89. The van der Waals surface area contributed by atoms with Crippen molar-refractivity contribution in [3.05, 3.63) is 16.9 Å². The molecule has 1 heterocycles. The van der Waals surface area contributed by atoms with Gasteiger partial charge in [-0.25, -0.2) is 0 Å². The van der Waals surface area contributed by atoms with Crippen molar-refractivity contribution in [3.63, 3.8) is 0 Å².